The van der Waals surface area contributed by atoms with Crippen molar-refractivity contribution in [3.05, 3.63) is 0 Å². The fraction of sp³-hybridized carbons (Fsp3) is 0.667. The molecule has 0 rings (SSSR count). The first-order valence-electron chi connectivity index (χ1n) is 1.88. The van der Waals surface area contributed by atoms with Crippen molar-refractivity contribution in [3.8, 4) is 0 Å². The van der Waals surface area contributed by atoms with Gasteiger partial charge in [-0.1, -0.05) is 0 Å². The van der Waals surface area contributed by atoms with Gasteiger partial charge in [0.15, 0.2) is 6.10 Å². The van der Waals surface area contributed by atoms with Gasteiger partial charge in [0.25, 0.3) is 0 Å². The number of aliphatic hydroxyl groups excluding tert-OH is 1. The molecule has 0 radical (unpaired) electrons. The average molecular weight is 122 g/mol. The van der Waals surface area contributed by atoms with Crippen molar-refractivity contribution >= 4 is 5.97 Å². The highest BCUT2D eigenvalue weighted by molar-refractivity contribution is 5.73. The lowest BCUT2D eigenvalue weighted by molar-refractivity contribution is -0.464. The predicted octanol–water partition coefficient (Wildman–Crippen LogP) is -0.685. The summed E-state index contributed by atoms with van der Waals surface area (Å²) >= 11 is 0. The Hall–Kier alpha value is -0.650. The predicted molar refractivity (Wildman–Crippen MR) is 21.5 cm³/mol. The van der Waals surface area contributed by atoms with Gasteiger partial charge in [-0.2, -0.15) is 0 Å². The number of carbonyl (C=O) groups is 1. The molecule has 5 heteroatoms. The zero-order valence-electron chi connectivity index (χ0n) is 4.20. The number of aliphatic hydroxyl groups is 1. The van der Waals surface area contributed by atoms with E-state index in [-0.39, 0.29) is 0 Å². The van der Waals surface area contributed by atoms with Crippen LogP contribution in [0.3, 0.4) is 0 Å². The second-order valence-electron chi connectivity index (χ2n) is 1.15. The lowest BCUT2D eigenvalue weighted by Crippen LogP contribution is -2.18. The molecule has 5 nitrogen and oxygen atoms in total. The van der Waals surface area contributed by atoms with Gasteiger partial charge in [-0.05, 0) is 12.0 Å². The Kier molecular flexibility index (Phi) is 3.09. The highest BCUT2D eigenvalue weighted by Gasteiger charge is 2.10. The van der Waals surface area contributed by atoms with Gasteiger partial charge in [0.2, 0.25) is 0 Å². The molecule has 0 saturated heterocycles. The highest BCUT2D eigenvalue weighted by atomic mass is 17.5. The molecule has 0 amide bonds. The minimum atomic E-state index is -1.28. The first-order valence-corrected chi connectivity index (χ1v) is 1.88. The maximum absolute atomic E-state index is 9.99. The molecule has 0 aromatic carbocycles. The zero-order chi connectivity index (χ0) is 6.57. The number of hydrogen-bond donors (Lipinski definition) is 2. The van der Waals surface area contributed by atoms with E-state index in [1.807, 2.05) is 0 Å². The SMILES string of the molecule is CC(O)C(=O)OOO. The molecule has 0 aliphatic carbocycles. The van der Waals surface area contributed by atoms with Crippen molar-refractivity contribution in [2.24, 2.45) is 0 Å². The van der Waals surface area contributed by atoms with Crippen molar-refractivity contribution in [1.29, 1.82) is 0 Å². The summed E-state index contributed by atoms with van der Waals surface area (Å²) in [6.07, 6.45) is -1.28. The van der Waals surface area contributed by atoms with E-state index in [0.717, 1.165) is 0 Å². The third-order valence-electron chi connectivity index (χ3n) is 0.461. The van der Waals surface area contributed by atoms with E-state index in [2.05, 4.69) is 9.93 Å². The monoisotopic (exact) mass is 122 g/mol. The minimum Gasteiger partial charge on any atom is -0.382 e. The third kappa shape index (κ3) is 2.51. The Labute approximate surface area is 45.3 Å². The van der Waals surface area contributed by atoms with Crippen LogP contribution in [0.25, 0.3) is 0 Å². The van der Waals surface area contributed by atoms with Gasteiger partial charge in [0.1, 0.15) is 0 Å². The molecule has 0 heterocycles. The molecule has 48 valence electrons. The maximum Gasteiger partial charge on any atom is 0.373 e. The topological polar surface area (TPSA) is 76.0 Å². The molecule has 0 spiro atoms. The summed E-state index contributed by atoms with van der Waals surface area (Å²) in [7, 11) is 0. The van der Waals surface area contributed by atoms with Gasteiger partial charge >= 0.3 is 5.97 Å². The Bertz CT molecular complexity index is 77.7. The Morgan fingerprint density at radius 1 is 1.75 bits per heavy atom. The summed E-state index contributed by atoms with van der Waals surface area (Å²) in [6.45, 7) is 1.18. The lowest BCUT2D eigenvalue weighted by Gasteiger charge is -1.97. The van der Waals surface area contributed by atoms with E-state index in [0.29, 0.717) is 0 Å². The van der Waals surface area contributed by atoms with E-state index < -0.39 is 12.1 Å². The van der Waals surface area contributed by atoms with Gasteiger partial charge in [0, 0.05) is 0 Å². The molecule has 8 heavy (non-hydrogen) atoms. The van der Waals surface area contributed by atoms with Crippen LogP contribution in [0.1, 0.15) is 6.92 Å². The normalized spacial score (nSPS) is 12.9. The fourth-order valence-electron chi connectivity index (χ4n) is 0.106. The Morgan fingerprint density at radius 2 is 2.25 bits per heavy atom. The lowest BCUT2D eigenvalue weighted by atomic mass is 10.4. The molecule has 0 bridgehead atoms. The molecule has 1 unspecified atom stereocenters. The fourth-order valence-corrected chi connectivity index (χ4v) is 0.106. The molecule has 0 aromatic heterocycles. The summed E-state index contributed by atoms with van der Waals surface area (Å²) in [4.78, 5) is 13.5. The molecular weight excluding hydrogens is 116 g/mol. The molecule has 0 aromatic rings. The zero-order valence-corrected chi connectivity index (χ0v) is 4.20. The molecule has 2 N–H and O–H groups in total. The van der Waals surface area contributed by atoms with Gasteiger partial charge in [0.05, 0.1) is 0 Å². The van der Waals surface area contributed by atoms with E-state index in [4.69, 9.17) is 10.4 Å². The van der Waals surface area contributed by atoms with Gasteiger partial charge < -0.3 is 5.11 Å². The van der Waals surface area contributed by atoms with Crippen LogP contribution in [0, 0.1) is 0 Å². The highest BCUT2D eigenvalue weighted by Crippen LogP contribution is 1.84. The summed E-state index contributed by atoms with van der Waals surface area (Å²) in [5, 5.41) is 18.7. The number of rotatable bonds is 2. The van der Waals surface area contributed by atoms with Crippen LogP contribution in [0.5, 0.6) is 0 Å². The molecule has 1 atom stereocenters. The van der Waals surface area contributed by atoms with Crippen molar-refractivity contribution in [2.45, 2.75) is 13.0 Å². The van der Waals surface area contributed by atoms with Crippen LogP contribution in [-0.2, 0) is 14.7 Å². The van der Waals surface area contributed by atoms with Crippen LogP contribution >= 0.6 is 0 Å². The van der Waals surface area contributed by atoms with Crippen molar-refractivity contribution in [2.75, 3.05) is 0 Å². The molecule has 0 aliphatic rings. The van der Waals surface area contributed by atoms with Crippen LogP contribution in [0.15, 0.2) is 0 Å². The van der Waals surface area contributed by atoms with E-state index in [9.17, 15) is 4.79 Å². The van der Waals surface area contributed by atoms with Crippen LogP contribution in [-0.4, -0.2) is 22.4 Å². The van der Waals surface area contributed by atoms with Crippen molar-refractivity contribution in [1.82, 2.24) is 0 Å². The molecule has 0 saturated carbocycles. The maximum atomic E-state index is 9.99. The Morgan fingerprint density at radius 3 is 2.38 bits per heavy atom. The summed E-state index contributed by atoms with van der Waals surface area (Å²) in [5.41, 5.74) is 0. The second-order valence-corrected chi connectivity index (χ2v) is 1.15. The number of hydrogen-bond acceptors (Lipinski definition) is 5. The van der Waals surface area contributed by atoms with E-state index >= 15 is 0 Å². The van der Waals surface area contributed by atoms with Gasteiger partial charge in [-0.3, -0.25) is 4.89 Å². The van der Waals surface area contributed by atoms with Crippen LogP contribution < -0.4 is 0 Å². The summed E-state index contributed by atoms with van der Waals surface area (Å²) in [6, 6.07) is 0. The second kappa shape index (κ2) is 3.36. The first kappa shape index (κ1) is 7.35. The first-order chi connectivity index (χ1) is 3.68. The van der Waals surface area contributed by atoms with E-state index in [1.165, 1.54) is 6.92 Å². The third-order valence-corrected chi connectivity index (χ3v) is 0.461. The summed E-state index contributed by atoms with van der Waals surface area (Å²) in [5.74, 6) is -1.03. The van der Waals surface area contributed by atoms with Crippen molar-refractivity contribution in [3.63, 3.8) is 0 Å². The van der Waals surface area contributed by atoms with Crippen LogP contribution in [0.4, 0.5) is 0 Å². The van der Waals surface area contributed by atoms with Crippen LogP contribution in [0.2, 0.25) is 0 Å². The Balaban J connectivity index is 3.33. The minimum absolute atomic E-state index is 1.03. The van der Waals surface area contributed by atoms with Crippen molar-refractivity contribution < 1.29 is 25.1 Å². The average Bonchev–Trinajstić information content (AvgIpc) is 1.67. The van der Waals surface area contributed by atoms with Gasteiger partial charge in [-0.25, -0.2) is 10.1 Å². The molecule has 0 aliphatic heterocycles. The molecular formula is C3H6O5. The van der Waals surface area contributed by atoms with Gasteiger partial charge in [-0.15, -0.1) is 0 Å². The standard InChI is InChI=1S/C3H6O5/c1-2(4)3(5)7-8-6/h2,4,6H,1H3. The summed E-state index contributed by atoms with van der Waals surface area (Å²) < 4.78 is 0. The smallest absolute Gasteiger partial charge is 0.373 e. The largest absolute Gasteiger partial charge is 0.382 e. The quantitative estimate of drug-likeness (QED) is 0.374. The number of carbonyl (C=O) groups excluding carboxylic acids is 1. The molecule has 0 fully saturated rings. The van der Waals surface area contributed by atoms with E-state index in [1.54, 1.807) is 0 Å².